The fourth-order valence-corrected chi connectivity index (χ4v) is 3.67. The number of alkyl halides is 1. The molecule has 1 atom stereocenters. The van der Waals surface area contributed by atoms with E-state index in [4.69, 9.17) is 17.3 Å². The topological polar surface area (TPSA) is 89.3 Å². The highest BCUT2D eigenvalue weighted by Crippen LogP contribution is 2.15. The van der Waals surface area contributed by atoms with Crippen molar-refractivity contribution >= 4 is 39.8 Å². The van der Waals surface area contributed by atoms with Crippen LogP contribution in [-0.4, -0.2) is 32.7 Å². The fourth-order valence-electron chi connectivity index (χ4n) is 1.98. The van der Waals surface area contributed by atoms with Crippen LogP contribution < -0.4 is 10.5 Å². The summed E-state index contributed by atoms with van der Waals surface area (Å²) in [7, 11) is -3.74. The summed E-state index contributed by atoms with van der Waals surface area (Å²) in [5, 5.41) is 0. The van der Waals surface area contributed by atoms with E-state index in [2.05, 4.69) is 4.72 Å². The molecule has 8 heteroatoms. The Morgan fingerprint density at radius 1 is 1.32 bits per heavy atom. The van der Waals surface area contributed by atoms with Gasteiger partial charge < -0.3 is 5.73 Å². The number of rotatable bonds is 9. The highest BCUT2D eigenvalue weighted by Gasteiger charge is 2.25. The smallest absolute Gasteiger partial charge is 0.241 e. The minimum Gasteiger partial charge on any atom is -0.330 e. The summed E-state index contributed by atoms with van der Waals surface area (Å²) in [4.78, 5) is 12.0. The average molecular weight is 369 g/mol. The van der Waals surface area contributed by atoms with Gasteiger partial charge in [-0.15, -0.1) is 24.0 Å². The summed E-state index contributed by atoms with van der Waals surface area (Å²) in [5.41, 5.74) is 6.04. The van der Waals surface area contributed by atoms with Crippen molar-refractivity contribution in [1.82, 2.24) is 4.72 Å². The number of unbranched alkanes of at least 4 members (excludes halogenated alkanes) is 1. The molecule has 1 aromatic rings. The number of carbonyl (C=O) groups is 1. The van der Waals surface area contributed by atoms with Crippen molar-refractivity contribution in [2.75, 3.05) is 12.4 Å². The first-order valence-electron chi connectivity index (χ1n) is 6.79. The van der Waals surface area contributed by atoms with Crippen LogP contribution >= 0.6 is 24.0 Å². The van der Waals surface area contributed by atoms with Gasteiger partial charge in [0.1, 0.15) is 0 Å². The molecule has 0 aliphatic carbocycles. The van der Waals surface area contributed by atoms with Gasteiger partial charge in [0.2, 0.25) is 10.0 Å². The van der Waals surface area contributed by atoms with Crippen LogP contribution in [0.1, 0.15) is 24.8 Å². The molecule has 22 heavy (non-hydrogen) atoms. The molecule has 1 rings (SSSR count). The number of hydrogen-bond acceptors (Lipinski definition) is 4. The second-order valence-corrected chi connectivity index (χ2v) is 6.77. The van der Waals surface area contributed by atoms with Gasteiger partial charge in [0.15, 0.2) is 5.78 Å². The van der Waals surface area contributed by atoms with Gasteiger partial charge >= 0.3 is 0 Å². The molecule has 0 amide bonds. The molecule has 0 saturated heterocycles. The van der Waals surface area contributed by atoms with Gasteiger partial charge in [0.05, 0.1) is 16.8 Å². The second kappa shape index (κ2) is 10.2. The average Bonchev–Trinajstić information content (AvgIpc) is 2.45. The van der Waals surface area contributed by atoms with Crippen LogP contribution in [0.2, 0.25) is 0 Å². The molecule has 5 nitrogen and oxygen atoms in total. The molecule has 0 fully saturated rings. The number of sulfonamides is 1. The summed E-state index contributed by atoms with van der Waals surface area (Å²) in [5.74, 6) is -0.547. The summed E-state index contributed by atoms with van der Waals surface area (Å²) in [6.45, 7) is 2.22. The van der Waals surface area contributed by atoms with E-state index >= 15 is 0 Å². The predicted molar refractivity (Wildman–Crippen MR) is 91.2 cm³/mol. The lowest BCUT2D eigenvalue weighted by Gasteiger charge is -2.17. The molecule has 0 aliphatic rings. The highest BCUT2D eigenvalue weighted by atomic mass is 35.5. The molecule has 0 heterocycles. The maximum Gasteiger partial charge on any atom is 0.241 e. The number of carbonyl (C=O) groups excluding carboxylic acids is 1. The SMILES string of the molecule is Cc1ccccc1S(=O)(=O)NC(CCCCN)C(=O)CCl.Cl. The number of halogens is 2. The largest absolute Gasteiger partial charge is 0.330 e. The van der Waals surface area contributed by atoms with Crippen LogP contribution in [0.5, 0.6) is 0 Å². The molecule has 1 aromatic carbocycles. The van der Waals surface area contributed by atoms with Crippen LogP contribution in [0.25, 0.3) is 0 Å². The number of nitrogens with two attached hydrogens (primary N) is 1. The Morgan fingerprint density at radius 3 is 2.50 bits per heavy atom. The van der Waals surface area contributed by atoms with Gasteiger partial charge in [0.25, 0.3) is 0 Å². The van der Waals surface area contributed by atoms with E-state index in [9.17, 15) is 13.2 Å². The van der Waals surface area contributed by atoms with Crippen LogP contribution in [0, 0.1) is 6.92 Å². The van der Waals surface area contributed by atoms with Gasteiger partial charge in [-0.1, -0.05) is 24.6 Å². The normalized spacial score (nSPS) is 12.5. The fraction of sp³-hybridized carbons (Fsp3) is 0.500. The quantitative estimate of drug-likeness (QED) is 0.515. The molecule has 0 spiro atoms. The van der Waals surface area contributed by atoms with Crippen molar-refractivity contribution in [2.24, 2.45) is 5.73 Å². The van der Waals surface area contributed by atoms with Crippen molar-refractivity contribution in [2.45, 2.75) is 37.1 Å². The van der Waals surface area contributed by atoms with E-state index in [1.54, 1.807) is 25.1 Å². The summed E-state index contributed by atoms with van der Waals surface area (Å²) < 4.78 is 27.2. The zero-order chi connectivity index (χ0) is 15.9. The number of aryl methyl sites for hydroxylation is 1. The molecular weight excluding hydrogens is 347 g/mol. The number of hydrogen-bond donors (Lipinski definition) is 2. The molecule has 1 unspecified atom stereocenters. The van der Waals surface area contributed by atoms with Crippen LogP contribution in [-0.2, 0) is 14.8 Å². The van der Waals surface area contributed by atoms with Gasteiger partial charge in [-0.3, -0.25) is 4.79 Å². The molecule has 3 N–H and O–H groups in total. The van der Waals surface area contributed by atoms with E-state index < -0.39 is 16.1 Å². The van der Waals surface area contributed by atoms with E-state index in [0.717, 1.165) is 6.42 Å². The highest BCUT2D eigenvalue weighted by molar-refractivity contribution is 7.89. The van der Waals surface area contributed by atoms with Crippen LogP contribution in [0.15, 0.2) is 29.2 Å². The first-order valence-corrected chi connectivity index (χ1v) is 8.81. The summed E-state index contributed by atoms with van der Waals surface area (Å²) in [6, 6.07) is 5.82. The van der Waals surface area contributed by atoms with Gasteiger partial charge in [-0.25, -0.2) is 13.1 Å². The van der Waals surface area contributed by atoms with E-state index in [0.29, 0.717) is 24.9 Å². The molecule has 0 radical (unpaired) electrons. The zero-order valence-electron chi connectivity index (χ0n) is 12.4. The third kappa shape index (κ3) is 6.22. The Kier molecular flexibility index (Phi) is 9.87. The second-order valence-electron chi connectivity index (χ2n) is 4.82. The number of ketones is 1. The van der Waals surface area contributed by atoms with Crippen molar-refractivity contribution in [1.29, 1.82) is 0 Å². The molecule has 0 aliphatic heterocycles. The summed E-state index contributed by atoms with van der Waals surface area (Å²) in [6.07, 6.45) is 1.80. The van der Waals surface area contributed by atoms with E-state index in [1.807, 2.05) is 0 Å². The number of benzene rings is 1. The molecule has 0 bridgehead atoms. The Hall–Kier alpha value is -0.660. The Morgan fingerprint density at radius 2 is 1.95 bits per heavy atom. The van der Waals surface area contributed by atoms with Crippen molar-refractivity contribution in [3.63, 3.8) is 0 Å². The molecule has 126 valence electrons. The van der Waals surface area contributed by atoms with Gasteiger partial charge in [-0.05, 0) is 37.9 Å². The first-order chi connectivity index (χ1) is 9.92. The Balaban J connectivity index is 0.00000441. The first kappa shape index (κ1) is 21.3. The Bertz CT molecular complexity index is 579. The monoisotopic (exact) mass is 368 g/mol. The third-order valence-corrected chi connectivity index (χ3v) is 5.04. The lowest BCUT2D eigenvalue weighted by atomic mass is 10.1. The van der Waals surface area contributed by atoms with Gasteiger partial charge in [-0.2, -0.15) is 0 Å². The lowest BCUT2D eigenvalue weighted by Crippen LogP contribution is -2.41. The van der Waals surface area contributed by atoms with E-state index in [1.165, 1.54) is 6.07 Å². The minimum absolute atomic E-state index is 0. The predicted octanol–water partition coefficient (Wildman–Crippen LogP) is 2.00. The van der Waals surface area contributed by atoms with Crippen LogP contribution in [0.3, 0.4) is 0 Å². The standard InChI is InChI=1S/C14H21ClN2O3S.ClH/c1-11-6-2-3-8-14(11)21(19,20)17-12(13(18)10-15)7-4-5-9-16;/h2-3,6,8,12,17H,4-5,7,9-10,16H2,1H3;1H. The van der Waals surface area contributed by atoms with E-state index in [-0.39, 0.29) is 29.0 Å². The molecular formula is C14H22Cl2N2O3S. The van der Waals surface area contributed by atoms with Crippen LogP contribution in [0.4, 0.5) is 0 Å². The zero-order valence-corrected chi connectivity index (χ0v) is 14.8. The summed E-state index contributed by atoms with van der Waals surface area (Å²) >= 11 is 5.56. The maximum absolute atomic E-state index is 12.4. The minimum atomic E-state index is -3.74. The number of nitrogens with one attached hydrogen (secondary N) is 1. The van der Waals surface area contributed by atoms with Crippen molar-refractivity contribution in [3.05, 3.63) is 29.8 Å². The van der Waals surface area contributed by atoms with Crippen molar-refractivity contribution < 1.29 is 13.2 Å². The molecule has 0 saturated carbocycles. The lowest BCUT2D eigenvalue weighted by molar-refractivity contribution is -0.118. The third-order valence-electron chi connectivity index (χ3n) is 3.15. The van der Waals surface area contributed by atoms with Crippen molar-refractivity contribution in [3.8, 4) is 0 Å². The maximum atomic E-state index is 12.4. The molecule has 0 aromatic heterocycles. The van der Waals surface area contributed by atoms with Gasteiger partial charge in [0, 0.05) is 0 Å². The Labute approximate surface area is 143 Å². The number of Topliss-reactive ketones (excluding diaryl/α,β-unsaturated/α-hetero) is 1.